The van der Waals surface area contributed by atoms with Gasteiger partial charge in [0, 0.05) is 31.4 Å². The molecular weight excluding hydrogens is 228 g/mol. The molecule has 0 spiro atoms. The van der Waals surface area contributed by atoms with E-state index in [2.05, 4.69) is 15.4 Å². The Bertz CT molecular complexity index is 537. The van der Waals surface area contributed by atoms with Gasteiger partial charge in [0.15, 0.2) is 23.3 Å². The molecule has 0 aliphatic carbocycles. The quantitative estimate of drug-likeness (QED) is 0.846. The van der Waals surface area contributed by atoms with E-state index in [0.717, 1.165) is 5.56 Å². The highest BCUT2D eigenvalue weighted by Crippen LogP contribution is 2.17. The van der Waals surface area contributed by atoms with Crippen molar-refractivity contribution in [3.05, 3.63) is 35.7 Å². The van der Waals surface area contributed by atoms with E-state index in [0.29, 0.717) is 12.6 Å². The van der Waals surface area contributed by atoms with Crippen LogP contribution in [0.3, 0.4) is 0 Å². The van der Waals surface area contributed by atoms with Gasteiger partial charge in [0.05, 0.1) is 6.20 Å². The monoisotopic (exact) mass is 239 g/mol. The van der Waals surface area contributed by atoms with Gasteiger partial charge in [-0.05, 0) is 0 Å². The first-order valence-corrected chi connectivity index (χ1v) is 4.89. The minimum absolute atomic E-state index is 0.0762. The third kappa shape index (κ3) is 2.49. The lowest BCUT2D eigenvalue weighted by Gasteiger charge is -2.06. The van der Waals surface area contributed by atoms with Crippen LogP contribution >= 0.6 is 0 Å². The van der Waals surface area contributed by atoms with Crippen molar-refractivity contribution in [2.75, 3.05) is 11.1 Å². The molecule has 0 saturated heterocycles. The number of pyridine rings is 1. The summed E-state index contributed by atoms with van der Waals surface area (Å²) in [6, 6.07) is 0.702. The molecule has 0 unspecified atom stereocenters. The Morgan fingerprint density at radius 1 is 1.41 bits per heavy atom. The zero-order valence-electron chi connectivity index (χ0n) is 9.11. The maximum absolute atomic E-state index is 13.3. The number of nitrogens with zero attached hydrogens (tertiary/aromatic N) is 3. The van der Waals surface area contributed by atoms with Crippen LogP contribution < -0.4 is 11.1 Å². The predicted molar refractivity (Wildman–Crippen MR) is 59.1 cm³/mol. The van der Waals surface area contributed by atoms with Crippen molar-refractivity contribution in [1.82, 2.24) is 14.8 Å². The molecule has 0 aliphatic rings. The highest BCUT2D eigenvalue weighted by molar-refractivity contribution is 5.45. The molecule has 0 bridgehead atoms. The fraction of sp³-hybridized carbons (Fsp3) is 0.200. The van der Waals surface area contributed by atoms with Gasteiger partial charge in [0.25, 0.3) is 0 Å². The second-order valence-corrected chi connectivity index (χ2v) is 3.56. The van der Waals surface area contributed by atoms with Gasteiger partial charge in [-0.1, -0.05) is 0 Å². The number of nitrogens with one attached hydrogen (secondary N) is 1. The van der Waals surface area contributed by atoms with Crippen LogP contribution in [0, 0.1) is 11.6 Å². The molecule has 90 valence electrons. The molecule has 0 atom stereocenters. The summed E-state index contributed by atoms with van der Waals surface area (Å²) >= 11 is 0. The molecule has 0 amide bonds. The lowest BCUT2D eigenvalue weighted by atomic mass is 10.3. The fourth-order valence-electron chi connectivity index (χ4n) is 1.35. The van der Waals surface area contributed by atoms with Gasteiger partial charge in [-0.2, -0.15) is 5.10 Å². The van der Waals surface area contributed by atoms with Gasteiger partial charge in [0.1, 0.15) is 0 Å². The number of nitrogen functional groups attached to an aromatic ring is 1. The van der Waals surface area contributed by atoms with Crippen molar-refractivity contribution in [3.8, 4) is 0 Å². The Morgan fingerprint density at radius 3 is 2.82 bits per heavy atom. The summed E-state index contributed by atoms with van der Waals surface area (Å²) in [5, 5.41) is 6.69. The van der Waals surface area contributed by atoms with Crippen molar-refractivity contribution in [1.29, 1.82) is 0 Å². The number of nitrogens with two attached hydrogens (primary N) is 1. The van der Waals surface area contributed by atoms with Crippen molar-refractivity contribution in [2.45, 2.75) is 6.54 Å². The number of halogens is 2. The summed E-state index contributed by atoms with van der Waals surface area (Å²) < 4.78 is 27.8. The van der Waals surface area contributed by atoms with Gasteiger partial charge in [-0.15, -0.1) is 0 Å². The highest BCUT2D eigenvalue weighted by atomic mass is 19.1. The van der Waals surface area contributed by atoms with Crippen LogP contribution in [0.25, 0.3) is 0 Å². The first-order chi connectivity index (χ1) is 8.06. The number of aryl methyl sites for hydroxylation is 1. The summed E-state index contributed by atoms with van der Waals surface area (Å²) in [5.74, 6) is -2.05. The van der Waals surface area contributed by atoms with Gasteiger partial charge in [0.2, 0.25) is 0 Å². The average molecular weight is 239 g/mol. The predicted octanol–water partition coefficient (Wildman–Crippen LogP) is 1.29. The Balaban J connectivity index is 2.11. The third-order valence-electron chi connectivity index (χ3n) is 2.17. The molecule has 2 rings (SSSR count). The lowest BCUT2D eigenvalue weighted by molar-refractivity contribution is 0.579. The topological polar surface area (TPSA) is 68.8 Å². The second-order valence-electron chi connectivity index (χ2n) is 3.56. The van der Waals surface area contributed by atoms with Crippen molar-refractivity contribution in [3.63, 3.8) is 0 Å². The Morgan fingerprint density at radius 2 is 2.18 bits per heavy atom. The molecule has 2 aromatic rings. The molecule has 5 nitrogen and oxygen atoms in total. The molecule has 2 aromatic heterocycles. The van der Waals surface area contributed by atoms with Crippen molar-refractivity contribution >= 4 is 11.6 Å². The average Bonchev–Trinajstić information content (AvgIpc) is 2.68. The van der Waals surface area contributed by atoms with Crippen molar-refractivity contribution < 1.29 is 8.78 Å². The minimum Gasteiger partial charge on any atom is -0.381 e. The molecule has 0 aliphatic heterocycles. The largest absolute Gasteiger partial charge is 0.381 e. The van der Waals surface area contributed by atoms with Crippen LogP contribution in [0.5, 0.6) is 0 Å². The van der Waals surface area contributed by atoms with E-state index in [-0.39, 0.29) is 11.6 Å². The zero-order valence-corrected chi connectivity index (χ0v) is 9.11. The van der Waals surface area contributed by atoms with Gasteiger partial charge in [-0.25, -0.2) is 13.8 Å². The maximum Gasteiger partial charge on any atom is 0.168 e. The Hall–Kier alpha value is -2.18. The normalized spacial score (nSPS) is 10.5. The summed E-state index contributed by atoms with van der Waals surface area (Å²) in [5.41, 5.74) is 6.11. The van der Waals surface area contributed by atoms with Crippen LogP contribution in [0.1, 0.15) is 5.56 Å². The molecular formula is C10H11F2N5. The van der Waals surface area contributed by atoms with Crippen LogP contribution in [0.4, 0.5) is 20.4 Å². The molecule has 0 aromatic carbocycles. The van der Waals surface area contributed by atoms with E-state index >= 15 is 0 Å². The molecule has 0 saturated carbocycles. The molecule has 17 heavy (non-hydrogen) atoms. The standard InChI is InChI=1S/C10H11F2N5/c1-17-5-6(4-15-17)3-14-10-8(12)2-7(11)9(13)16-10/h2,4-5H,3H2,1H3,(H3,13,14,16). The number of hydrogen-bond donors (Lipinski definition) is 2. The van der Waals surface area contributed by atoms with Crippen LogP contribution in [-0.2, 0) is 13.6 Å². The fourth-order valence-corrected chi connectivity index (χ4v) is 1.35. The van der Waals surface area contributed by atoms with Crippen LogP contribution in [0.2, 0.25) is 0 Å². The highest BCUT2D eigenvalue weighted by Gasteiger charge is 2.09. The van der Waals surface area contributed by atoms with E-state index in [1.165, 1.54) is 0 Å². The van der Waals surface area contributed by atoms with E-state index in [1.807, 2.05) is 0 Å². The maximum atomic E-state index is 13.3. The second kappa shape index (κ2) is 4.36. The Labute approximate surface area is 96.3 Å². The Kier molecular flexibility index (Phi) is 2.90. The number of rotatable bonds is 3. The van der Waals surface area contributed by atoms with E-state index in [4.69, 9.17) is 5.73 Å². The molecule has 3 N–H and O–H groups in total. The zero-order chi connectivity index (χ0) is 12.4. The summed E-state index contributed by atoms with van der Waals surface area (Å²) in [7, 11) is 1.78. The van der Waals surface area contributed by atoms with Crippen LogP contribution in [0.15, 0.2) is 18.5 Å². The molecule has 2 heterocycles. The molecule has 7 heteroatoms. The third-order valence-corrected chi connectivity index (χ3v) is 2.17. The smallest absolute Gasteiger partial charge is 0.168 e. The molecule has 0 radical (unpaired) electrons. The van der Waals surface area contributed by atoms with Gasteiger partial charge < -0.3 is 11.1 Å². The van der Waals surface area contributed by atoms with Gasteiger partial charge in [-0.3, -0.25) is 4.68 Å². The van der Waals surface area contributed by atoms with Gasteiger partial charge >= 0.3 is 0 Å². The first kappa shape index (κ1) is 11.3. The van der Waals surface area contributed by atoms with Crippen molar-refractivity contribution in [2.24, 2.45) is 7.05 Å². The van der Waals surface area contributed by atoms with E-state index in [9.17, 15) is 8.78 Å². The minimum atomic E-state index is -0.866. The summed E-state index contributed by atoms with van der Waals surface area (Å²) in [4.78, 5) is 3.58. The summed E-state index contributed by atoms with van der Waals surface area (Å²) in [6.07, 6.45) is 3.41. The molecule has 0 fully saturated rings. The first-order valence-electron chi connectivity index (χ1n) is 4.89. The van der Waals surface area contributed by atoms with E-state index in [1.54, 1.807) is 24.1 Å². The summed E-state index contributed by atoms with van der Waals surface area (Å²) in [6.45, 7) is 0.336. The lowest BCUT2D eigenvalue weighted by Crippen LogP contribution is -2.06. The number of hydrogen-bond acceptors (Lipinski definition) is 4. The number of anilines is 2. The SMILES string of the molecule is Cn1cc(CNc2nc(N)c(F)cc2F)cn1. The van der Waals surface area contributed by atoms with E-state index < -0.39 is 11.6 Å². The van der Waals surface area contributed by atoms with Crippen LogP contribution in [-0.4, -0.2) is 14.8 Å². The number of aromatic nitrogens is 3.